The van der Waals surface area contributed by atoms with Crippen LogP contribution in [0.4, 0.5) is 0 Å². The van der Waals surface area contributed by atoms with Gasteiger partial charge in [0.25, 0.3) is 0 Å². The summed E-state index contributed by atoms with van der Waals surface area (Å²) in [6.07, 6.45) is 0. The number of hydrogen-bond acceptors (Lipinski definition) is 4. The summed E-state index contributed by atoms with van der Waals surface area (Å²) in [7, 11) is 1.56. The van der Waals surface area contributed by atoms with E-state index in [9.17, 15) is 9.59 Å². The Hall–Kier alpha value is -1.84. The van der Waals surface area contributed by atoms with Gasteiger partial charge in [0.05, 0.1) is 13.7 Å². The van der Waals surface area contributed by atoms with Gasteiger partial charge in [0.1, 0.15) is 11.2 Å². The van der Waals surface area contributed by atoms with E-state index in [1.165, 1.54) is 6.92 Å². The third-order valence-electron chi connectivity index (χ3n) is 3.06. The Morgan fingerprint density at radius 2 is 1.78 bits per heavy atom. The summed E-state index contributed by atoms with van der Waals surface area (Å²) in [4.78, 5) is 23.8. The maximum absolute atomic E-state index is 12.0. The van der Waals surface area contributed by atoms with Gasteiger partial charge in [-0.15, -0.1) is 0 Å². The molecule has 1 unspecified atom stereocenters. The van der Waals surface area contributed by atoms with E-state index in [2.05, 4.69) is 0 Å². The van der Waals surface area contributed by atoms with Crippen LogP contribution in [-0.4, -0.2) is 25.5 Å². The number of benzene rings is 1. The highest BCUT2D eigenvalue weighted by Crippen LogP contribution is 2.28. The van der Waals surface area contributed by atoms with Gasteiger partial charge in [0.2, 0.25) is 0 Å². The maximum Gasteiger partial charge on any atom is 0.323 e. The Morgan fingerprint density at radius 1 is 1.22 bits per heavy atom. The Morgan fingerprint density at radius 3 is 2.17 bits per heavy atom. The molecule has 0 saturated carbocycles. The van der Waals surface area contributed by atoms with Crippen LogP contribution in [0.2, 0.25) is 0 Å². The second-order valence-corrected chi connectivity index (χ2v) is 4.13. The Balaban J connectivity index is 3.18. The van der Waals surface area contributed by atoms with E-state index < -0.39 is 11.4 Å². The van der Waals surface area contributed by atoms with Crippen LogP contribution in [0.25, 0.3) is 0 Å². The zero-order chi connectivity index (χ0) is 13.8. The molecule has 0 heterocycles. The van der Waals surface area contributed by atoms with E-state index in [0.717, 1.165) is 0 Å². The second-order valence-electron chi connectivity index (χ2n) is 4.13. The number of esters is 1. The molecule has 18 heavy (non-hydrogen) atoms. The van der Waals surface area contributed by atoms with Crippen molar-refractivity contribution in [3.05, 3.63) is 29.8 Å². The molecule has 0 radical (unpaired) electrons. The average Bonchev–Trinajstić information content (AvgIpc) is 2.37. The van der Waals surface area contributed by atoms with E-state index in [0.29, 0.717) is 11.3 Å². The van der Waals surface area contributed by atoms with Gasteiger partial charge in [-0.2, -0.15) is 0 Å². The standard InChI is InChI=1S/C14H18O4/c1-5-18-13(16)14(3,10(2)15)11-6-8-12(17-4)9-7-11/h6-9H,5H2,1-4H3. The fourth-order valence-electron chi connectivity index (χ4n) is 1.66. The summed E-state index contributed by atoms with van der Waals surface area (Å²) in [5.74, 6) is -0.0951. The fraction of sp³-hybridized carbons (Fsp3) is 0.429. The van der Waals surface area contributed by atoms with Gasteiger partial charge in [0, 0.05) is 0 Å². The first kappa shape index (κ1) is 14.2. The van der Waals surface area contributed by atoms with Gasteiger partial charge >= 0.3 is 5.97 Å². The number of rotatable bonds is 5. The summed E-state index contributed by atoms with van der Waals surface area (Å²) in [6, 6.07) is 6.85. The average molecular weight is 250 g/mol. The summed E-state index contributed by atoms with van der Waals surface area (Å²) in [5, 5.41) is 0. The third kappa shape index (κ3) is 2.53. The zero-order valence-corrected chi connectivity index (χ0v) is 11.1. The minimum Gasteiger partial charge on any atom is -0.497 e. The van der Waals surface area contributed by atoms with Crippen molar-refractivity contribution in [2.75, 3.05) is 13.7 Å². The van der Waals surface area contributed by atoms with Gasteiger partial charge < -0.3 is 9.47 Å². The highest BCUT2D eigenvalue weighted by molar-refractivity contribution is 6.08. The van der Waals surface area contributed by atoms with Crippen molar-refractivity contribution in [1.29, 1.82) is 0 Å². The molecular weight excluding hydrogens is 232 g/mol. The van der Waals surface area contributed by atoms with Crippen molar-refractivity contribution in [2.45, 2.75) is 26.2 Å². The summed E-state index contributed by atoms with van der Waals surface area (Å²) < 4.78 is 10.0. The van der Waals surface area contributed by atoms with Crippen LogP contribution in [0.5, 0.6) is 5.75 Å². The number of carbonyl (C=O) groups excluding carboxylic acids is 2. The highest BCUT2D eigenvalue weighted by atomic mass is 16.5. The first-order valence-electron chi connectivity index (χ1n) is 5.79. The van der Waals surface area contributed by atoms with Gasteiger partial charge in [0.15, 0.2) is 5.78 Å². The zero-order valence-electron chi connectivity index (χ0n) is 11.1. The molecule has 4 heteroatoms. The SMILES string of the molecule is CCOC(=O)C(C)(C(C)=O)c1ccc(OC)cc1. The normalized spacial score (nSPS) is 13.6. The summed E-state index contributed by atoms with van der Waals surface area (Å²) >= 11 is 0. The first-order chi connectivity index (χ1) is 8.46. The molecule has 1 atom stereocenters. The Kier molecular flexibility index (Phi) is 4.48. The molecule has 0 bridgehead atoms. The molecule has 0 spiro atoms. The van der Waals surface area contributed by atoms with Crippen LogP contribution in [0.1, 0.15) is 26.3 Å². The van der Waals surface area contributed by atoms with Crippen LogP contribution in [0.3, 0.4) is 0 Å². The smallest absolute Gasteiger partial charge is 0.323 e. The van der Waals surface area contributed by atoms with Crippen molar-refractivity contribution in [2.24, 2.45) is 0 Å². The monoisotopic (exact) mass is 250 g/mol. The van der Waals surface area contributed by atoms with Crippen LogP contribution in [-0.2, 0) is 19.7 Å². The number of methoxy groups -OCH3 is 1. The van der Waals surface area contributed by atoms with Crippen LogP contribution in [0.15, 0.2) is 24.3 Å². The maximum atomic E-state index is 12.0. The third-order valence-corrected chi connectivity index (χ3v) is 3.06. The highest BCUT2D eigenvalue weighted by Gasteiger charge is 2.41. The molecule has 4 nitrogen and oxygen atoms in total. The number of hydrogen-bond donors (Lipinski definition) is 0. The Bertz CT molecular complexity index is 436. The van der Waals surface area contributed by atoms with Gasteiger partial charge in [-0.3, -0.25) is 9.59 Å². The molecule has 0 aliphatic rings. The Labute approximate surface area is 107 Å². The van der Waals surface area contributed by atoms with E-state index in [1.54, 1.807) is 45.2 Å². The number of ketones is 1. The number of carbonyl (C=O) groups is 2. The predicted octanol–water partition coefficient (Wildman–Crippen LogP) is 2.10. The van der Waals surface area contributed by atoms with E-state index in [1.807, 2.05) is 0 Å². The minimum atomic E-state index is -1.26. The second kappa shape index (κ2) is 5.67. The lowest BCUT2D eigenvalue weighted by Gasteiger charge is -2.24. The number of Topliss-reactive ketones (excluding diaryl/α,β-unsaturated/α-hetero) is 1. The summed E-state index contributed by atoms with van der Waals surface area (Å²) in [6.45, 7) is 4.93. The topological polar surface area (TPSA) is 52.6 Å². The molecule has 0 aromatic heterocycles. The van der Waals surface area contributed by atoms with Crippen molar-refractivity contribution in [1.82, 2.24) is 0 Å². The van der Waals surface area contributed by atoms with Crippen molar-refractivity contribution in [3.63, 3.8) is 0 Å². The minimum absolute atomic E-state index is 0.244. The van der Waals surface area contributed by atoms with Crippen LogP contribution < -0.4 is 4.74 Å². The molecule has 0 amide bonds. The van der Waals surface area contributed by atoms with Gasteiger partial charge in [-0.25, -0.2) is 0 Å². The molecule has 0 aliphatic carbocycles. The van der Waals surface area contributed by atoms with Gasteiger partial charge in [-0.1, -0.05) is 12.1 Å². The number of ether oxygens (including phenoxy) is 2. The molecule has 0 saturated heterocycles. The molecule has 98 valence electrons. The largest absolute Gasteiger partial charge is 0.497 e. The molecule has 1 aromatic carbocycles. The lowest BCUT2D eigenvalue weighted by Crippen LogP contribution is -2.41. The lowest BCUT2D eigenvalue weighted by molar-refractivity contribution is -0.152. The van der Waals surface area contributed by atoms with Crippen molar-refractivity contribution in [3.8, 4) is 5.75 Å². The van der Waals surface area contributed by atoms with Gasteiger partial charge in [-0.05, 0) is 38.5 Å². The van der Waals surface area contributed by atoms with Crippen molar-refractivity contribution < 1.29 is 19.1 Å². The molecule has 1 rings (SSSR count). The quantitative estimate of drug-likeness (QED) is 0.593. The van der Waals surface area contributed by atoms with E-state index >= 15 is 0 Å². The lowest BCUT2D eigenvalue weighted by atomic mass is 9.79. The molecular formula is C14H18O4. The molecule has 0 fully saturated rings. The first-order valence-corrected chi connectivity index (χ1v) is 5.79. The van der Waals surface area contributed by atoms with Crippen LogP contribution >= 0.6 is 0 Å². The molecule has 1 aromatic rings. The fourth-order valence-corrected chi connectivity index (χ4v) is 1.66. The summed E-state index contributed by atoms with van der Waals surface area (Å²) in [5.41, 5.74) is -0.656. The van der Waals surface area contributed by atoms with E-state index in [-0.39, 0.29) is 12.4 Å². The predicted molar refractivity (Wildman–Crippen MR) is 67.7 cm³/mol. The molecule has 0 aliphatic heterocycles. The molecule has 0 N–H and O–H groups in total. The van der Waals surface area contributed by atoms with Crippen LogP contribution in [0, 0.1) is 0 Å². The van der Waals surface area contributed by atoms with E-state index in [4.69, 9.17) is 9.47 Å². The van der Waals surface area contributed by atoms with Crippen molar-refractivity contribution >= 4 is 11.8 Å².